The van der Waals surface area contributed by atoms with Gasteiger partial charge < -0.3 is 0 Å². The molecule has 0 saturated heterocycles. The van der Waals surface area contributed by atoms with E-state index in [0.29, 0.717) is 5.92 Å². The lowest BCUT2D eigenvalue weighted by molar-refractivity contribution is 0.181. The van der Waals surface area contributed by atoms with Gasteiger partial charge in [-0.3, -0.25) is 11.3 Å². The van der Waals surface area contributed by atoms with Crippen molar-refractivity contribution < 1.29 is 0 Å². The fraction of sp³-hybridized carbons (Fsp3) is 1.00. The third-order valence-electron chi connectivity index (χ3n) is 3.32. The quantitative estimate of drug-likeness (QED) is 0.477. The number of hydrogen-bond donors (Lipinski definition) is 2. The van der Waals surface area contributed by atoms with E-state index >= 15 is 0 Å². The van der Waals surface area contributed by atoms with Crippen LogP contribution >= 0.6 is 0 Å². The topological polar surface area (TPSA) is 38.0 Å². The van der Waals surface area contributed by atoms with Crippen molar-refractivity contribution in [3.8, 4) is 0 Å². The molecule has 74 valence electrons. The van der Waals surface area contributed by atoms with Crippen molar-refractivity contribution in [3.63, 3.8) is 0 Å². The van der Waals surface area contributed by atoms with E-state index in [4.69, 9.17) is 5.84 Å². The minimum atomic E-state index is 0.170. The van der Waals surface area contributed by atoms with Crippen molar-refractivity contribution >= 4 is 0 Å². The number of nitrogens with two attached hydrogens (primary N) is 1. The van der Waals surface area contributed by atoms with Crippen LogP contribution in [0, 0.1) is 5.92 Å². The molecule has 0 aromatic rings. The van der Waals surface area contributed by atoms with Gasteiger partial charge in [0.15, 0.2) is 0 Å². The van der Waals surface area contributed by atoms with Crippen LogP contribution in [0.5, 0.6) is 0 Å². The van der Waals surface area contributed by atoms with Crippen molar-refractivity contribution in [1.29, 1.82) is 0 Å². The summed E-state index contributed by atoms with van der Waals surface area (Å²) in [5.74, 6) is 6.34. The lowest BCUT2D eigenvalue weighted by Crippen LogP contribution is -2.53. The number of hydrazine groups is 1. The molecule has 0 atom stereocenters. The van der Waals surface area contributed by atoms with E-state index in [1.54, 1.807) is 0 Å². The van der Waals surface area contributed by atoms with E-state index in [1.807, 2.05) is 0 Å². The molecule has 3 N–H and O–H groups in total. The standard InChI is InChI=1S/C10H24N2/c1-5-9(6-2)10(7-3,8-4)12-11/h9,12H,5-8,11H2,1-4H3. The Morgan fingerprint density at radius 2 is 1.50 bits per heavy atom. The van der Waals surface area contributed by atoms with Gasteiger partial charge in [-0.05, 0) is 18.8 Å². The monoisotopic (exact) mass is 172 g/mol. The molecule has 0 saturated carbocycles. The van der Waals surface area contributed by atoms with Crippen molar-refractivity contribution in [1.82, 2.24) is 5.43 Å². The third kappa shape index (κ3) is 2.20. The summed E-state index contributed by atoms with van der Waals surface area (Å²) >= 11 is 0. The van der Waals surface area contributed by atoms with Gasteiger partial charge in [0.1, 0.15) is 0 Å². The summed E-state index contributed by atoms with van der Waals surface area (Å²) in [6.45, 7) is 8.90. The van der Waals surface area contributed by atoms with Gasteiger partial charge in [0.05, 0.1) is 0 Å². The first kappa shape index (κ1) is 11.9. The van der Waals surface area contributed by atoms with E-state index in [0.717, 1.165) is 12.8 Å². The third-order valence-corrected chi connectivity index (χ3v) is 3.32. The maximum absolute atomic E-state index is 5.63. The molecule has 0 aromatic carbocycles. The van der Waals surface area contributed by atoms with Crippen molar-refractivity contribution in [2.75, 3.05) is 0 Å². The first-order valence-electron chi connectivity index (χ1n) is 5.18. The summed E-state index contributed by atoms with van der Waals surface area (Å²) < 4.78 is 0. The Labute approximate surface area is 76.9 Å². The van der Waals surface area contributed by atoms with E-state index in [9.17, 15) is 0 Å². The van der Waals surface area contributed by atoms with Crippen LogP contribution in [0.4, 0.5) is 0 Å². The maximum Gasteiger partial charge on any atom is 0.0344 e. The molecule has 0 aliphatic rings. The number of rotatable bonds is 6. The normalized spacial score (nSPS) is 12.5. The Hall–Kier alpha value is -0.0800. The summed E-state index contributed by atoms with van der Waals surface area (Å²) in [4.78, 5) is 0. The van der Waals surface area contributed by atoms with Crippen molar-refractivity contribution in [2.24, 2.45) is 11.8 Å². The molecule has 0 bridgehead atoms. The van der Waals surface area contributed by atoms with Gasteiger partial charge in [-0.2, -0.15) is 0 Å². The van der Waals surface area contributed by atoms with Crippen LogP contribution in [0.1, 0.15) is 53.4 Å². The minimum Gasteiger partial charge on any atom is -0.271 e. The van der Waals surface area contributed by atoms with Crippen LogP contribution in [0.2, 0.25) is 0 Å². The predicted octanol–water partition coefficient (Wildman–Crippen LogP) is 2.44. The molecular formula is C10H24N2. The molecule has 0 aliphatic carbocycles. The molecule has 0 unspecified atom stereocenters. The molecule has 2 heteroatoms. The van der Waals surface area contributed by atoms with Crippen LogP contribution in [0.15, 0.2) is 0 Å². The summed E-state index contributed by atoms with van der Waals surface area (Å²) in [6, 6.07) is 0. The largest absolute Gasteiger partial charge is 0.271 e. The Bertz CT molecular complexity index is 96.1. The predicted molar refractivity (Wildman–Crippen MR) is 54.7 cm³/mol. The number of nitrogens with one attached hydrogen (secondary N) is 1. The van der Waals surface area contributed by atoms with Crippen LogP contribution < -0.4 is 11.3 Å². The van der Waals surface area contributed by atoms with Gasteiger partial charge in [0.25, 0.3) is 0 Å². The van der Waals surface area contributed by atoms with E-state index < -0.39 is 0 Å². The molecular weight excluding hydrogens is 148 g/mol. The van der Waals surface area contributed by atoms with Crippen LogP contribution in [0.3, 0.4) is 0 Å². The summed E-state index contributed by atoms with van der Waals surface area (Å²) in [5, 5.41) is 0. The van der Waals surface area contributed by atoms with Crippen LogP contribution in [-0.4, -0.2) is 5.54 Å². The maximum atomic E-state index is 5.63. The Morgan fingerprint density at radius 1 is 1.08 bits per heavy atom. The zero-order valence-electron chi connectivity index (χ0n) is 8.98. The average Bonchev–Trinajstić information content (AvgIpc) is 2.14. The molecule has 0 amide bonds. The molecule has 0 radical (unpaired) electrons. The fourth-order valence-electron chi connectivity index (χ4n) is 2.22. The molecule has 2 nitrogen and oxygen atoms in total. The van der Waals surface area contributed by atoms with Crippen LogP contribution in [-0.2, 0) is 0 Å². The average molecular weight is 172 g/mol. The SMILES string of the molecule is CCC(CC)C(CC)(CC)NN. The van der Waals surface area contributed by atoms with Crippen molar-refractivity contribution in [3.05, 3.63) is 0 Å². The van der Waals surface area contributed by atoms with Gasteiger partial charge >= 0.3 is 0 Å². The van der Waals surface area contributed by atoms with E-state index in [-0.39, 0.29) is 5.54 Å². The van der Waals surface area contributed by atoms with Gasteiger partial charge in [0.2, 0.25) is 0 Å². The second kappa shape index (κ2) is 5.55. The van der Waals surface area contributed by atoms with Gasteiger partial charge in [0, 0.05) is 5.54 Å². The van der Waals surface area contributed by atoms with Gasteiger partial charge in [-0.15, -0.1) is 0 Å². The molecule has 0 aromatic heterocycles. The zero-order chi connectivity index (χ0) is 9.61. The first-order chi connectivity index (χ1) is 5.70. The highest BCUT2D eigenvalue weighted by Gasteiger charge is 2.31. The summed E-state index contributed by atoms with van der Waals surface area (Å²) in [5.41, 5.74) is 3.19. The van der Waals surface area contributed by atoms with E-state index in [1.165, 1.54) is 12.8 Å². The fourth-order valence-corrected chi connectivity index (χ4v) is 2.22. The second-order valence-electron chi connectivity index (χ2n) is 3.52. The summed E-state index contributed by atoms with van der Waals surface area (Å²) in [7, 11) is 0. The van der Waals surface area contributed by atoms with Gasteiger partial charge in [-0.1, -0.05) is 40.5 Å². The Kier molecular flexibility index (Phi) is 5.51. The van der Waals surface area contributed by atoms with Crippen molar-refractivity contribution in [2.45, 2.75) is 58.9 Å². The van der Waals surface area contributed by atoms with Gasteiger partial charge in [-0.25, -0.2) is 0 Å². The highest BCUT2D eigenvalue weighted by atomic mass is 15.3. The zero-order valence-corrected chi connectivity index (χ0v) is 8.98. The molecule has 0 fully saturated rings. The first-order valence-corrected chi connectivity index (χ1v) is 5.18. The van der Waals surface area contributed by atoms with Crippen LogP contribution in [0.25, 0.3) is 0 Å². The lowest BCUT2D eigenvalue weighted by Gasteiger charge is -2.38. The second-order valence-corrected chi connectivity index (χ2v) is 3.52. The smallest absolute Gasteiger partial charge is 0.0344 e. The molecule has 0 spiro atoms. The highest BCUT2D eigenvalue weighted by Crippen LogP contribution is 2.29. The Morgan fingerprint density at radius 3 is 1.58 bits per heavy atom. The molecule has 12 heavy (non-hydrogen) atoms. The lowest BCUT2D eigenvalue weighted by atomic mass is 9.77. The molecule has 0 aliphatic heterocycles. The summed E-state index contributed by atoms with van der Waals surface area (Å²) in [6.07, 6.45) is 4.66. The minimum absolute atomic E-state index is 0.170. The number of hydrogen-bond acceptors (Lipinski definition) is 2. The Balaban J connectivity index is 4.42. The van der Waals surface area contributed by atoms with E-state index in [2.05, 4.69) is 33.1 Å². The molecule has 0 rings (SSSR count). The highest BCUT2D eigenvalue weighted by molar-refractivity contribution is 4.89. The molecule has 0 heterocycles.